The molecule has 7 heteroatoms. The van der Waals surface area contributed by atoms with E-state index in [2.05, 4.69) is 22.2 Å². The highest BCUT2D eigenvalue weighted by atomic mass is 32.2. The highest BCUT2D eigenvalue weighted by Gasteiger charge is 2.15. The Labute approximate surface area is 171 Å². The van der Waals surface area contributed by atoms with Gasteiger partial charge in [-0.1, -0.05) is 36.8 Å². The second kappa shape index (κ2) is 9.07. The van der Waals surface area contributed by atoms with Crippen LogP contribution in [0.3, 0.4) is 0 Å². The number of aromatic nitrogens is 1. The number of benzene rings is 2. The number of hydrogen-bond donors (Lipinski definition) is 2. The first-order chi connectivity index (χ1) is 13.9. The summed E-state index contributed by atoms with van der Waals surface area (Å²) >= 11 is 0. The van der Waals surface area contributed by atoms with E-state index >= 15 is 0 Å². The van der Waals surface area contributed by atoms with Gasteiger partial charge in [0, 0.05) is 30.5 Å². The molecule has 0 unspecified atom stereocenters. The van der Waals surface area contributed by atoms with Crippen LogP contribution in [-0.4, -0.2) is 18.9 Å². The van der Waals surface area contributed by atoms with Gasteiger partial charge in [-0.05, 0) is 48.9 Å². The zero-order valence-electron chi connectivity index (χ0n) is 16.6. The average molecular weight is 412 g/mol. The van der Waals surface area contributed by atoms with Crippen molar-refractivity contribution in [3.63, 3.8) is 0 Å². The van der Waals surface area contributed by atoms with Crippen LogP contribution >= 0.6 is 0 Å². The van der Waals surface area contributed by atoms with Gasteiger partial charge < -0.3 is 9.88 Å². The molecule has 6 nitrogen and oxygen atoms in total. The summed E-state index contributed by atoms with van der Waals surface area (Å²) in [7, 11) is -3.66. The Morgan fingerprint density at radius 1 is 1.03 bits per heavy atom. The first-order valence-electron chi connectivity index (χ1n) is 9.46. The molecule has 3 rings (SSSR count). The largest absolute Gasteiger partial charge is 0.346 e. The van der Waals surface area contributed by atoms with Crippen LogP contribution in [0.4, 0.5) is 5.69 Å². The van der Waals surface area contributed by atoms with Crippen molar-refractivity contribution in [3.05, 3.63) is 83.7 Å². The number of amides is 1. The van der Waals surface area contributed by atoms with Gasteiger partial charge in [-0.3, -0.25) is 4.79 Å². The molecule has 29 heavy (non-hydrogen) atoms. The Morgan fingerprint density at radius 2 is 1.79 bits per heavy atom. The topological polar surface area (TPSA) is 80.2 Å². The fraction of sp³-hybridized carbons (Fsp3) is 0.227. The molecule has 1 aromatic heterocycles. The summed E-state index contributed by atoms with van der Waals surface area (Å²) in [6.07, 6.45) is 2.31. The van der Waals surface area contributed by atoms with Gasteiger partial charge in [-0.2, -0.15) is 0 Å². The van der Waals surface area contributed by atoms with Crippen molar-refractivity contribution in [3.8, 4) is 0 Å². The molecule has 0 fully saturated rings. The van der Waals surface area contributed by atoms with E-state index in [0.717, 1.165) is 11.3 Å². The van der Waals surface area contributed by atoms with E-state index in [1.54, 1.807) is 19.1 Å². The molecule has 0 spiro atoms. The van der Waals surface area contributed by atoms with E-state index in [9.17, 15) is 13.2 Å². The standard InChI is InChI=1S/C22H25N3O3S/c1-3-22(26)24-19-9-11-21(12-10-19)29(27,28)23-15-20-8-5-13-25(20)16-18-7-4-6-17(2)14-18/h4-14,23H,3,15-16H2,1-2H3,(H,24,26). The second-order valence-electron chi connectivity index (χ2n) is 6.87. The third-order valence-corrected chi connectivity index (χ3v) is 5.99. The van der Waals surface area contributed by atoms with E-state index in [4.69, 9.17) is 0 Å². The van der Waals surface area contributed by atoms with E-state index in [1.165, 1.54) is 17.7 Å². The van der Waals surface area contributed by atoms with E-state index in [-0.39, 0.29) is 17.3 Å². The van der Waals surface area contributed by atoms with Gasteiger partial charge in [0.1, 0.15) is 0 Å². The maximum absolute atomic E-state index is 12.6. The van der Waals surface area contributed by atoms with E-state index in [0.29, 0.717) is 18.7 Å². The minimum atomic E-state index is -3.66. The van der Waals surface area contributed by atoms with Crippen LogP contribution in [0.2, 0.25) is 0 Å². The first kappa shape index (κ1) is 20.8. The quantitative estimate of drug-likeness (QED) is 0.593. The zero-order valence-corrected chi connectivity index (χ0v) is 17.4. The molecule has 2 aromatic carbocycles. The molecule has 3 aromatic rings. The summed E-state index contributed by atoms with van der Waals surface area (Å²) in [5.74, 6) is -0.117. The van der Waals surface area contributed by atoms with E-state index < -0.39 is 10.0 Å². The fourth-order valence-electron chi connectivity index (χ4n) is 2.99. The first-order valence-corrected chi connectivity index (χ1v) is 10.9. The van der Waals surface area contributed by atoms with E-state index in [1.807, 2.05) is 42.0 Å². The predicted molar refractivity (Wildman–Crippen MR) is 114 cm³/mol. The fourth-order valence-corrected chi connectivity index (χ4v) is 3.99. The van der Waals surface area contributed by atoms with Crippen LogP contribution in [0.1, 0.15) is 30.2 Å². The lowest BCUT2D eigenvalue weighted by Gasteiger charge is -2.12. The predicted octanol–water partition coefficient (Wildman–Crippen LogP) is 3.67. The molecule has 1 heterocycles. The smallest absolute Gasteiger partial charge is 0.240 e. The number of nitrogens with zero attached hydrogens (tertiary/aromatic N) is 1. The van der Waals surface area contributed by atoms with Crippen molar-refractivity contribution in [2.45, 2.75) is 38.3 Å². The van der Waals surface area contributed by atoms with Crippen molar-refractivity contribution >= 4 is 21.6 Å². The number of rotatable bonds is 8. The van der Waals surface area contributed by atoms with Gasteiger partial charge >= 0.3 is 0 Å². The van der Waals surface area contributed by atoms with Crippen LogP contribution < -0.4 is 10.0 Å². The Balaban J connectivity index is 1.66. The van der Waals surface area contributed by atoms with Crippen molar-refractivity contribution in [1.29, 1.82) is 0 Å². The SMILES string of the molecule is CCC(=O)Nc1ccc(S(=O)(=O)NCc2cccn2Cc2cccc(C)c2)cc1. The second-order valence-corrected chi connectivity index (χ2v) is 8.63. The number of anilines is 1. The normalized spacial score (nSPS) is 11.4. The van der Waals surface area contributed by atoms with Gasteiger partial charge in [0.15, 0.2) is 0 Å². The monoisotopic (exact) mass is 411 g/mol. The highest BCUT2D eigenvalue weighted by Crippen LogP contribution is 2.15. The third-order valence-electron chi connectivity index (χ3n) is 4.57. The summed E-state index contributed by atoms with van der Waals surface area (Å²) in [6, 6.07) is 18.2. The van der Waals surface area contributed by atoms with Gasteiger partial charge in [-0.15, -0.1) is 0 Å². The lowest BCUT2D eigenvalue weighted by molar-refractivity contribution is -0.115. The summed E-state index contributed by atoms with van der Waals surface area (Å²) < 4.78 is 29.9. The Kier molecular flexibility index (Phi) is 6.51. The Bertz CT molecular complexity index is 1090. The van der Waals surface area contributed by atoms with Gasteiger partial charge in [0.05, 0.1) is 11.4 Å². The van der Waals surface area contributed by atoms with Crippen molar-refractivity contribution in [2.75, 3.05) is 5.32 Å². The Hall–Kier alpha value is -2.90. The summed E-state index contributed by atoms with van der Waals surface area (Å²) in [5.41, 5.74) is 3.80. The molecule has 0 aliphatic carbocycles. The van der Waals surface area contributed by atoms with Crippen LogP contribution in [0, 0.1) is 6.92 Å². The number of carbonyl (C=O) groups is 1. The average Bonchev–Trinajstić information content (AvgIpc) is 3.14. The minimum Gasteiger partial charge on any atom is -0.346 e. The van der Waals surface area contributed by atoms with Crippen molar-refractivity contribution in [2.24, 2.45) is 0 Å². The molecule has 0 saturated carbocycles. The lowest BCUT2D eigenvalue weighted by atomic mass is 10.1. The molecule has 0 radical (unpaired) electrons. The van der Waals surface area contributed by atoms with Crippen LogP contribution in [-0.2, 0) is 27.9 Å². The summed E-state index contributed by atoms with van der Waals surface area (Å²) in [6.45, 7) is 4.67. The van der Waals surface area contributed by atoms with Gasteiger partial charge in [-0.25, -0.2) is 13.1 Å². The number of hydrogen-bond acceptors (Lipinski definition) is 3. The van der Waals surface area contributed by atoms with Gasteiger partial charge in [0.2, 0.25) is 15.9 Å². The molecular weight excluding hydrogens is 386 g/mol. The molecule has 0 aliphatic heterocycles. The minimum absolute atomic E-state index is 0.117. The lowest BCUT2D eigenvalue weighted by Crippen LogP contribution is -2.24. The molecule has 2 N–H and O–H groups in total. The molecule has 0 aliphatic rings. The van der Waals surface area contributed by atoms with Crippen LogP contribution in [0.15, 0.2) is 71.8 Å². The number of sulfonamides is 1. The third kappa shape index (κ3) is 5.56. The molecule has 152 valence electrons. The zero-order chi connectivity index (χ0) is 20.9. The van der Waals surface area contributed by atoms with Crippen molar-refractivity contribution < 1.29 is 13.2 Å². The van der Waals surface area contributed by atoms with Crippen molar-refractivity contribution in [1.82, 2.24) is 9.29 Å². The highest BCUT2D eigenvalue weighted by molar-refractivity contribution is 7.89. The molecular formula is C22H25N3O3S. The molecule has 0 saturated heterocycles. The number of nitrogens with one attached hydrogen (secondary N) is 2. The van der Waals surface area contributed by atoms with Gasteiger partial charge in [0.25, 0.3) is 0 Å². The molecule has 0 atom stereocenters. The molecule has 1 amide bonds. The van der Waals surface area contributed by atoms with Crippen LogP contribution in [0.25, 0.3) is 0 Å². The maximum atomic E-state index is 12.6. The number of aryl methyl sites for hydroxylation is 1. The molecule has 0 bridgehead atoms. The number of carbonyl (C=O) groups excluding carboxylic acids is 1. The van der Waals surface area contributed by atoms with Crippen LogP contribution in [0.5, 0.6) is 0 Å². The Morgan fingerprint density at radius 3 is 2.48 bits per heavy atom. The summed E-state index contributed by atoms with van der Waals surface area (Å²) in [5, 5.41) is 2.70. The maximum Gasteiger partial charge on any atom is 0.240 e. The summed E-state index contributed by atoms with van der Waals surface area (Å²) in [4.78, 5) is 11.6.